The average Bonchev–Trinajstić information content (AvgIpc) is 3.15. The van der Waals surface area contributed by atoms with Crippen LogP contribution in [0.15, 0.2) is 48.8 Å². The number of carbonyl (C=O) groups excluding carboxylic acids is 2. The summed E-state index contributed by atoms with van der Waals surface area (Å²) in [6.07, 6.45) is -2.06. The Bertz CT molecular complexity index is 1160. The Morgan fingerprint density at radius 3 is 2.59 bits per heavy atom. The lowest BCUT2D eigenvalue weighted by atomic mass is 10.0. The smallest absolute Gasteiger partial charge is 0.305 e. The summed E-state index contributed by atoms with van der Waals surface area (Å²) in [5, 5.41) is 4.20. The molecular weight excluding hydrogens is 448 g/mol. The third kappa shape index (κ3) is 4.24. The van der Waals surface area contributed by atoms with Crippen molar-refractivity contribution < 1.29 is 27.2 Å². The Hall–Kier alpha value is -3.21. The number of alkyl halides is 3. The number of halogens is 4. The number of pyridine rings is 1. The summed E-state index contributed by atoms with van der Waals surface area (Å²) in [4.78, 5) is 30.9. The first kappa shape index (κ1) is 23.5. The topological polar surface area (TPSA) is 68.1 Å². The molecule has 0 saturated carbocycles. The van der Waals surface area contributed by atoms with E-state index < -0.39 is 23.5 Å². The van der Waals surface area contributed by atoms with Gasteiger partial charge in [0.05, 0.1) is 17.8 Å². The van der Waals surface area contributed by atoms with Crippen LogP contribution in [0.25, 0.3) is 0 Å². The molecule has 1 aliphatic heterocycles. The highest BCUT2D eigenvalue weighted by atomic mass is 32.1. The molecule has 32 heavy (non-hydrogen) atoms. The minimum atomic E-state index is -4.83. The van der Waals surface area contributed by atoms with E-state index in [0.717, 1.165) is 6.07 Å². The first-order valence-electron chi connectivity index (χ1n) is 9.36. The molecule has 0 unspecified atom stereocenters. The number of ketones is 1. The number of carbonyl (C=O) groups is 2. The number of benzene rings is 1. The maximum atomic E-state index is 14.1. The predicted octanol–water partition coefficient (Wildman–Crippen LogP) is 4.20. The van der Waals surface area contributed by atoms with Gasteiger partial charge in [-0.25, -0.2) is 4.39 Å². The van der Waals surface area contributed by atoms with E-state index in [1.807, 2.05) is 0 Å². The predicted molar refractivity (Wildman–Crippen MR) is 113 cm³/mol. The van der Waals surface area contributed by atoms with E-state index >= 15 is 0 Å². The third-order valence-corrected chi connectivity index (χ3v) is 5.05. The number of fused-ring (bicyclic) bond motifs is 1. The zero-order valence-electron chi connectivity index (χ0n) is 16.7. The highest BCUT2D eigenvalue weighted by molar-refractivity contribution is 7.59. The standard InChI is InChI=1S/C21H16F4N4O2.H2S/c1-12-11-28(14-5-6-15(16(22)9-14)21(23,24)25)20(31)19-13(10-27-29(12)19)8-18(30)17-4-2-3-7-26-17;/h2-7,9-10,12H,8,11H2,1H3;1H2/t12-;/m0./s1. The van der Waals surface area contributed by atoms with E-state index in [0.29, 0.717) is 17.7 Å². The van der Waals surface area contributed by atoms with Crippen molar-refractivity contribution in [2.45, 2.75) is 25.6 Å². The fourth-order valence-corrected chi connectivity index (χ4v) is 3.56. The number of hydrogen-bond donors (Lipinski definition) is 0. The summed E-state index contributed by atoms with van der Waals surface area (Å²) in [5.41, 5.74) is -0.661. The van der Waals surface area contributed by atoms with Gasteiger partial charge in [-0.1, -0.05) is 6.07 Å². The minimum Gasteiger partial charge on any atom is -0.305 e. The second-order valence-corrected chi connectivity index (χ2v) is 7.20. The Morgan fingerprint density at radius 1 is 1.22 bits per heavy atom. The quantitative estimate of drug-likeness (QED) is 0.427. The van der Waals surface area contributed by atoms with Gasteiger partial charge in [-0.3, -0.25) is 19.3 Å². The lowest BCUT2D eigenvalue weighted by Crippen LogP contribution is -2.43. The minimum absolute atomic E-state index is 0. The molecule has 0 bridgehead atoms. The number of hydrogen-bond acceptors (Lipinski definition) is 4. The number of anilines is 1. The van der Waals surface area contributed by atoms with Crippen LogP contribution in [-0.4, -0.2) is 33.0 Å². The van der Waals surface area contributed by atoms with E-state index in [1.165, 1.54) is 22.0 Å². The molecule has 6 nitrogen and oxygen atoms in total. The summed E-state index contributed by atoms with van der Waals surface area (Å²) >= 11 is 0. The molecule has 4 rings (SSSR count). The van der Waals surface area contributed by atoms with Crippen molar-refractivity contribution in [2.24, 2.45) is 0 Å². The van der Waals surface area contributed by atoms with Crippen LogP contribution in [0.2, 0.25) is 0 Å². The van der Waals surface area contributed by atoms with Gasteiger partial charge in [0.25, 0.3) is 5.91 Å². The number of amides is 1. The number of aromatic nitrogens is 3. The second kappa shape index (κ2) is 8.73. The molecular formula is C21H18F4N4O2S. The van der Waals surface area contributed by atoms with Crippen molar-refractivity contribution in [3.63, 3.8) is 0 Å². The van der Waals surface area contributed by atoms with Crippen molar-refractivity contribution in [3.05, 3.63) is 77.1 Å². The van der Waals surface area contributed by atoms with Crippen molar-refractivity contribution in [1.29, 1.82) is 0 Å². The maximum absolute atomic E-state index is 14.1. The molecule has 1 amide bonds. The third-order valence-electron chi connectivity index (χ3n) is 5.05. The Kier molecular flexibility index (Phi) is 6.40. The van der Waals surface area contributed by atoms with Crippen molar-refractivity contribution in [3.8, 4) is 0 Å². The molecule has 1 atom stereocenters. The van der Waals surface area contributed by atoms with Gasteiger partial charge < -0.3 is 4.90 Å². The van der Waals surface area contributed by atoms with E-state index in [9.17, 15) is 27.2 Å². The van der Waals surface area contributed by atoms with Crippen LogP contribution >= 0.6 is 13.5 Å². The highest BCUT2D eigenvalue weighted by Gasteiger charge is 2.37. The van der Waals surface area contributed by atoms with Crippen molar-refractivity contribution in [2.75, 3.05) is 11.4 Å². The molecule has 168 valence electrons. The lowest BCUT2D eigenvalue weighted by Gasteiger charge is -2.32. The molecule has 1 aromatic carbocycles. The highest BCUT2D eigenvalue weighted by Crippen LogP contribution is 2.35. The molecule has 11 heteroatoms. The Labute approximate surface area is 187 Å². The number of nitrogens with zero attached hydrogens (tertiary/aromatic N) is 4. The van der Waals surface area contributed by atoms with Crippen LogP contribution in [0.4, 0.5) is 23.2 Å². The number of Topliss-reactive ketones (excluding diaryl/α,β-unsaturated/α-hetero) is 1. The zero-order chi connectivity index (χ0) is 22.3. The Morgan fingerprint density at radius 2 is 1.97 bits per heavy atom. The fourth-order valence-electron chi connectivity index (χ4n) is 3.56. The van der Waals surface area contributed by atoms with Crippen LogP contribution in [0.5, 0.6) is 0 Å². The van der Waals surface area contributed by atoms with Crippen LogP contribution in [0, 0.1) is 5.82 Å². The largest absolute Gasteiger partial charge is 0.419 e. The summed E-state index contributed by atoms with van der Waals surface area (Å²) < 4.78 is 54.1. The normalized spacial score (nSPS) is 15.8. The Balaban J connectivity index is 0.00000289. The van der Waals surface area contributed by atoms with Crippen molar-refractivity contribution in [1.82, 2.24) is 14.8 Å². The molecule has 3 heterocycles. The summed E-state index contributed by atoms with van der Waals surface area (Å²) in [6.45, 7) is 1.85. The molecule has 0 fully saturated rings. The monoisotopic (exact) mass is 466 g/mol. The van der Waals surface area contributed by atoms with E-state index in [4.69, 9.17) is 0 Å². The SMILES string of the molecule is C[C@H]1CN(c2ccc(C(F)(F)F)c(F)c2)C(=O)c2c(CC(=O)c3ccccn3)cnn21.S. The van der Waals surface area contributed by atoms with Gasteiger partial charge in [0.2, 0.25) is 0 Å². The van der Waals surface area contributed by atoms with Crippen LogP contribution in [-0.2, 0) is 12.6 Å². The molecule has 0 N–H and O–H groups in total. The number of rotatable bonds is 4. The van der Waals surface area contributed by atoms with E-state index in [-0.39, 0.29) is 55.4 Å². The first-order valence-corrected chi connectivity index (χ1v) is 9.36. The van der Waals surface area contributed by atoms with Gasteiger partial charge in [0.1, 0.15) is 17.2 Å². The van der Waals surface area contributed by atoms with E-state index in [2.05, 4.69) is 10.1 Å². The van der Waals surface area contributed by atoms with Gasteiger partial charge in [0.15, 0.2) is 5.78 Å². The molecule has 3 aromatic rings. The summed E-state index contributed by atoms with van der Waals surface area (Å²) in [6, 6.07) is 6.92. The summed E-state index contributed by atoms with van der Waals surface area (Å²) in [5.74, 6) is -2.34. The van der Waals surface area contributed by atoms with Gasteiger partial charge in [0, 0.05) is 30.4 Å². The molecule has 2 aromatic heterocycles. The molecule has 1 aliphatic rings. The molecule has 0 spiro atoms. The maximum Gasteiger partial charge on any atom is 0.419 e. The zero-order valence-corrected chi connectivity index (χ0v) is 17.7. The van der Waals surface area contributed by atoms with Crippen molar-refractivity contribution >= 4 is 30.9 Å². The molecule has 0 saturated heterocycles. The molecule has 0 aliphatic carbocycles. The summed E-state index contributed by atoms with van der Waals surface area (Å²) in [7, 11) is 0. The first-order chi connectivity index (χ1) is 14.7. The second-order valence-electron chi connectivity index (χ2n) is 7.20. The van der Waals surface area contributed by atoms with Gasteiger partial charge >= 0.3 is 6.18 Å². The van der Waals surface area contributed by atoms with Gasteiger partial charge in [-0.15, -0.1) is 0 Å². The molecule has 0 radical (unpaired) electrons. The van der Waals surface area contributed by atoms with Gasteiger partial charge in [-0.2, -0.15) is 31.8 Å². The van der Waals surface area contributed by atoms with Crippen LogP contribution in [0.3, 0.4) is 0 Å². The average molecular weight is 466 g/mol. The fraction of sp³-hybridized carbons (Fsp3) is 0.238. The van der Waals surface area contributed by atoms with Crippen LogP contribution < -0.4 is 4.90 Å². The van der Waals surface area contributed by atoms with Gasteiger partial charge in [-0.05, 0) is 37.3 Å². The lowest BCUT2D eigenvalue weighted by molar-refractivity contribution is -0.139. The van der Waals surface area contributed by atoms with Crippen LogP contribution in [0.1, 0.15) is 45.1 Å². The van der Waals surface area contributed by atoms with E-state index in [1.54, 1.807) is 25.1 Å².